The molecule has 0 radical (unpaired) electrons. The quantitative estimate of drug-likeness (QED) is 0.238. The molecule has 6 nitrogen and oxygen atoms in total. The molecule has 6 heteroatoms. The summed E-state index contributed by atoms with van der Waals surface area (Å²) in [6.07, 6.45) is 15.7. The molecule has 3 saturated carbocycles. The molecule has 0 aromatic carbocycles. The van der Waals surface area contributed by atoms with Gasteiger partial charge < -0.3 is 4.74 Å². The third kappa shape index (κ3) is 6.43. The number of imide groups is 1. The molecular formula is C32H47NO5. The first-order chi connectivity index (χ1) is 18.1. The summed E-state index contributed by atoms with van der Waals surface area (Å²) >= 11 is 0. The van der Waals surface area contributed by atoms with Gasteiger partial charge in [-0.2, -0.15) is 0 Å². The Bertz CT molecular complexity index is 978. The molecule has 4 fully saturated rings. The third-order valence-electron chi connectivity index (χ3n) is 9.77. The van der Waals surface area contributed by atoms with Crippen molar-refractivity contribution in [2.45, 2.75) is 117 Å². The highest BCUT2D eigenvalue weighted by molar-refractivity contribution is 6.01. The standard InChI is InChI=1S/C32H47NO5/c1-21(2)8-6-9-23(4)27-15-16-28-24(10-7-19-32(27,28)5)12-13-25-20-26(14-11-22(25)3)37-31(36)38-33-29(34)17-18-30(33)35/h12-13,21,23,26-28H,3,6-11,14-20H2,1-2,4-5H3/b24-12+,25-13-/t23-,26+,27?,28+,32-/m1/s1. The fourth-order valence-electron chi connectivity index (χ4n) is 7.64. The van der Waals surface area contributed by atoms with Crippen molar-refractivity contribution in [1.29, 1.82) is 0 Å². The molecule has 1 heterocycles. The van der Waals surface area contributed by atoms with Gasteiger partial charge in [-0.3, -0.25) is 14.4 Å². The lowest BCUT2D eigenvalue weighted by Crippen LogP contribution is -2.36. The number of rotatable bonds is 8. The van der Waals surface area contributed by atoms with Crippen LogP contribution in [0.25, 0.3) is 0 Å². The fourth-order valence-corrected chi connectivity index (χ4v) is 7.64. The Hall–Kier alpha value is -2.37. The normalized spacial score (nSPS) is 32.8. The number of allylic oxidation sites excluding steroid dienone is 4. The Labute approximate surface area is 228 Å². The molecule has 4 rings (SSSR count). The van der Waals surface area contributed by atoms with Crippen LogP contribution < -0.4 is 0 Å². The van der Waals surface area contributed by atoms with Crippen LogP contribution in [0.5, 0.6) is 0 Å². The summed E-state index contributed by atoms with van der Waals surface area (Å²) in [4.78, 5) is 40.6. The van der Waals surface area contributed by atoms with E-state index >= 15 is 0 Å². The average Bonchev–Trinajstić information content (AvgIpc) is 3.38. The summed E-state index contributed by atoms with van der Waals surface area (Å²) < 4.78 is 5.48. The van der Waals surface area contributed by atoms with Crippen molar-refractivity contribution in [3.05, 3.63) is 35.5 Å². The van der Waals surface area contributed by atoms with Gasteiger partial charge in [-0.15, -0.1) is 0 Å². The van der Waals surface area contributed by atoms with E-state index in [0.29, 0.717) is 29.2 Å². The summed E-state index contributed by atoms with van der Waals surface area (Å²) in [6, 6.07) is 0. The molecule has 3 aliphatic carbocycles. The minimum absolute atomic E-state index is 0.0642. The highest BCUT2D eigenvalue weighted by Gasteiger charge is 2.50. The van der Waals surface area contributed by atoms with Gasteiger partial charge in [-0.1, -0.05) is 81.9 Å². The summed E-state index contributed by atoms with van der Waals surface area (Å²) in [5.74, 6) is 2.02. The van der Waals surface area contributed by atoms with Crippen molar-refractivity contribution < 1.29 is 24.0 Å². The minimum Gasteiger partial charge on any atom is -0.429 e. The first kappa shape index (κ1) is 28.6. The second-order valence-electron chi connectivity index (χ2n) is 12.8. The number of hydrogen-bond donors (Lipinski definition) is 0. The highest BCUT2D eigenvalue weighted by Crippen LogP contribution is 2.60. The second-order valence-corrected chi connectivity index (χ2v) is 12.8. The first-order valence-electron chi connectivity index (χ1n) is 14.9. The van der Waals surface area contributed by atoms with Crippen molar-refractivity contribution in [3.63, 3.8) is 0 Å². The number of carbonyl (C=O) groups excluding carboxylic acids is 3. The Morgan fingerprint density at radius 3 is 2.50 bits per heavy atom. The maximum atomic E-state index is 12.3. The zero-order chi connectivity index (χ0) is 27.4. The van der Waals surface area contributed by atoms with Gasteiger partial charge in [0.25, 0.3) is 11.8 Å². The van der Waals surface area contributed by atoms with E-state index in [-0.39, 0.29) is 18.9 Å². The van der Waals surface area contributed by atoms with Crippen molar-refractivity contribution >= 4 is 18.0 Å². The van der Waals surface area contributed by atoms with E-state index in [9.17, 15) is 14.4 Å². The van der Waals surface area contributed by atoms with Crippen LogP contribution in [-0.2, 0) is 19.2 Å². The van der Waals surface area contributed by atoms with Gasteiger partial charge in [0.15, 0.2) is 0 Å². The number of hydroxylamine groups is 2. The summed E-state index contributed by atoms with van der Waals surface area (Å²) in [5, 5.41) is 0.533. The van der Waals surface area contributed by atoms with E-state index < -0.39 is 18.0 Å². The van der Waals surface area contributed by atoms with Crippen molar-refractivity contribution in [2.75, 3.05) is 0 Å². The number of carbonyl (C=O) groups is 3. The molecule has 4 aliphatic rings. The lowest BCUT2D eigenvalue weighted by Gasteiger charge is -2.44. The highest BCUT2D eigenvalue weighted by atomic mass is 16.8. The largest absolute Gasteiger partial charge is 0.534 e. The molecule has 1 aliphatic heterocycles. The molecule has 5 atom stereocenters. The SMILES string of the molecule is C=C1CC[C@H](OC(=O)ON2C(=O)CCC2=O)C/C1=C/C=C1\CCC[C@]2(C)C([C@H](C)CCCC(C)C)CC[C@@H]12. The Kier molecular flexibility index (Phi) is 9.20. The summed E-state index contributed by atoms with van der Waals surface area (Å²) in [5.41, 5.74) is 4.16. The Balaban J connectivity index is 1.38. The van der Waals surface area contributed by atoms with E-state index in [1.165, 1.54) is 44.9 Å². The fraction of sp³-hybridized carbons (Fsp3) is 0.719. The Morgan fingerprint density at radius 2 is 1.79 bits per heavy atom. The molecule has 0 aromatic heterocycles. The molecule has 0 N–H and O–H groups in total. The average molecular weight is 526 g/mol. The van der Waals surface area contributed by atoms with E-state index in [4.69, 9.17) is 9.57 Å². The topological polar surface area (TPSA) is 72.9 Å². The van der Waals surface area contributed by atoms with Crippen molar-refractivity contribution in [1.82, 2.24) is 5.06 Å². The first-order valence-corrected chi connectivity index (χ1v) is 14.9. The van der Waals surface area contributed by atoms with E-state index in [1.54, 1.807) is 5.57 Å². The van der Waals surface area contributed by atoms with E-state index in [2.05, 4.69) is 46.4 Å². The van der Waals surface area contributed by atoms with Crippen LogP contribution in [0.15, 0.2) is 35.5 Å². The molecule has 0 spiro atoms. The minimum atomic E-state index is -0.994. The van der Waals surface area contributed by atoms with Crippen LogP contribution in [0.2, 0.25) is 0 Å². The number of ether oxygens (including phenoxy) is 1. The van der Waals surface area contributed by atoms with Crippen LogP contribution in [0.3, 0.4) is 0 Å². The van der Waals surface area contributed by atoms with Crippen LogP contribution in [-0.4, -0.2) is 29.1 Å². The van der Waals surface area contributed by atoms with Crippen LogP contribution >= 0.6 is 0 Å². The molecule has 1 unspecified atom stereocenters. The number of fused-ring (bicyclic) bond motifs is 1. The van der Waals surface area contributed by atoms with Crippen LogP contribution in [0, 0.1) is 29.1 Å². The molecule has 0 aromatic rings. The van der Waals surface area contributed by atoms with Gasteiger partial charge in [-0.25, -0.2) is 4.79 Å². The van der Waals surface area contributed by atoms with Gasteiger partial charge in [0, 0.05) is 19.3 Å². The second kappa shape index (κ2) is 12.2. The predicted molar refractivity (Wildman–Crippen MR) is 148 cm³/mol. The van der Waals surface area contributed by atoms with Gasteiger partial charge in [0.05, 0.1) is 0 Å². The van der Waals surface area contributed by atoms with E-state index in [0.717, 1.165) is 41.7 Å². The predicted octanol–water partition coefficient (Wildman–Crippen LogP) is 7.84. The zero-order valence-electron chi connectivity index (χ0n) is 23.9. The molecule has 2 amide bonds. The van der Waals surface area contributed by atoms with Gasteiger partial charge in [0.2, 0.25) is 0 Å². The smallest absolute Gasteiger partial charge is 0.429 e. The molecular weight excluding hydrogens is 478 g/mol. The van der Waals surface area contributed by atoms with Crippen molar-refractivity contribution in [2.24, 2.45) is 29.1 Å². The molecule has 1 saturated heterocycles. The number of amides is 2. The maximum absolute atomic E-state index is 12.3. The monoisotopic (exact) mass is 525 g/mol. The molecule has 38 heavy (non-hydrogen) atoms. The summed E-state index contributed by atoms with van der Waals surface area (Å²) in [6.45, 7) is 14.0. The summed E-state index contributed by atoms with van der Waals surface area (Å²) in [7, 11) is 0. The zero-order valence-corrected chi connectivity index (χ0v) is 23.9. The van der Waals surface area contributed by atoms with E-state index in [1.807, 2.05) is 0 Å². The number of hydrogen-bond acceptors (Lipinski definition) is 5. The van der Waals surface area contributed by atoms with Crippen LogP contribution in [0.4, 0.5) is 4.79 Å². The van der Waals surface area contributed by atoms with Gasteiger partial charge >= 0.3 is 6.16 Å². The Morgan fingerprint density at radius 1 is 1.05 bits per heavy atom. The molecule has 210 valence electrons. The van der Waals surface area contributed by atoms with Gasteiger partial charge in [0.1, 0.15) is 6.10 Å². The van der Waals surface area contributed by atoms with Crippen LogP contribution in [0.1, 0.15) is 111 Å². The molecule has 0 bridgehead atoms. The number of nitrogens with zero attached hydrogens (tertiary/aromatic N) is 1. The van der Waals surface area contributed by atoms with Gasteiger partial charge in [-0.05, 0) is 79.6 Å². The lowest BCUT2D eigenvalue weighted by molar-refractivity contribution is -0.178. The maximum Gasteiger partial charge on any atom is 0.534 e. The third-order valence-corrected chi connectivity index (χ3v) is 9.77. The van der Waals surface area contributed by atoms with Crippen molar-refractivity contribution in [3.8, 4) is 0 Å². The lowest BCUT2D eigenvalue weighted by atomic mass is 9.60.